The number of aromatic amines is 1. The number of aromatic carboxylic acids is 1. The Balaban J connectivity index is 1.73. The Bertz CT molecular complexity index is 626. The van der Waals surface area contributed by atoms with Crippen LogP contribution in [0.5, 0.6) is 0 Å². The maximum absolute atomic E-state index is 11.3. The van der Waals surface area contributed by atoms with Gasteiger partial charge in [-0.3, -0.25) is 15.0 Å². The number of H-pyrrole nitrogens is 1. The molecule has 3 rings (SSSR count). The maximum Gasteiger partial charge on any atom is 0.339 e. The van der Waals surface area contributed by atoms with Gasteiger partial charge in [-0.1, -0.05) is 12.5 Å². The van der Waals surface area contributed by atoms with Crippen LogP contribution in [0.4, 0.5) is 0 Å². The van der Waals surface area contributed by atoms with E-state index in [-0.39, 0.29) is 6.04 Å². The summed E-state index contributed by atoms with van der Waals surface area (Å²) in [6.45, 7) is 1.89. The van der Waals surface area contributed by atoms with Gasteiger partial charge in [0.1, 0.15) is 5.56 Å². The SMILES string of the molecule is O=C(O)c1cn[nH]c1C1CCCCN1CCc1cccnc1. The van der Waals surface area contributed by atoms with Gasteiger partial charge in [-0.2, -0.15) is 5.10 Å². The number of piperidine rings is 1. The van der Waals surface area contributed by atoms with Crippen LogP contribution in [0.25, 0.3) is 0 Å². The molecule has 1 aliphatic heterocycles. The Labute approximate surface area is 129 Å². The molecule has 1 fully saturated rings. The van der Waals surface area contributed by atoms with Crippen LogP contribution < -0.4 is 0 Å². The van der Waals surface area contributed by atoms with E-state index in [2.05, 4.69) is 26.1 Å². The minimum atomic E-state index is -0.915. The number of pyridine rings is 1. The first kappa shape index (κ1) is 14.7. The number of hydrogen-bond acceptors (Lipinski definition) is 4. The van der Waals surface area contributed by atoms with Crippen molar-refractivity contribution in [1.82, 2.24) is 20.1 Å². The fourth-order valence-electron chi connectivity index (χ4n) is 3.12. The molecule has 2 aromatic rings. The molecule has 0 aromatic carbocycles. The highest BCUT2D eigenvalue weighted by atomic mass is 16.4. The molecule has 2 aromatic heterocycles. The number of aromatic nitrogens is 3. The lowest BCUT2D eigenvalue weighted by Gasteiger charge is -2.35. The Morgan fingerprint density at radius 3 is 3.09 bits per heavy atom. The zero-order valence-electron chi connectivity index (χ0n) is 12.4. The summed E-state index contributed by atoms with van der Waals surface area (Å²) in [7, 11) is 0. The zero-order valence-corrected chi connectivity index (χ0v) is 12.4. The molecular weight excluding hydrogens is 280 g/mol. The Kier molecular flexibility index (Phi) is 4.48. The van der Waals surface area contributed by atoms with E-state index in [0.717, 1.165) is 44.5 Å². The molecule has 6 nitrogen and oxygen atoms in total. The highest BCUT2D eigenvalue weighted by Gasteiger charge is 2.28. The molecule has 2 N–H and O–H groups in total. The van der Waals surface area contributed by atoms with Crippen molar-refractivity contribution in [3.63, 3.8) is 0 Å². The van der Waals surface area contributed by atoms with Gasteiger partial charge in [-0.05, 0) is 37.4 Å². The highest BCUT2D eigenvalue weighted by Crippen LogP contribution is 2.31. The van der Waals surface area contributed by atoms with Gasteiger partial charge < -0.3 is 5.11 Å². The fourth-order valence-corrected chi connectivity index (χ4v) is 3.12. The third-order valence-electron chi connectivity index (χ3n) is 4.26. The molecule has 1 atom stereocenters. The monoisotopic (exact) mass is 300 g/mol. The van der Waals surface area contributed by atoms with Gasteiger partial charge in [0.15, 0.2) is 0 Å². The van der Waals surface area contributed by atoms with Gasteiger partial charge in [0.25, 0.3) is 0 Å². The quantitative estimate of drug-likeness (QED) is 0.885. The van der Waals surface area contributed by atoms with E-state index in [0.29, 0.717) is 5.56 Å². The predicted octanol–water partition coefficient (Wildman–Crippen LogP) is 2.27. The summed E-state index contributed by atoms with van der Waals surface area (Å²) in [6.07, 6.45) is 9.23. The molecule has 0 radical (unpaired) electrons. The minimum Gasteiger partial charge on any atom is -0.478 e. The molecule has 0 amide bonds. The largest absolute Gasteiger partial charge is 0.478 e. The van der Waals surface area contributed by atoms with Crippen molar-refractivity contribution < 1.29 is 9.90 Å². The molecular formula is C16H20N4O2. The number of rotatable bonds is 5. The third-order valence-corrected chi connectivity index (χ3v) is 4.26. The standard InChI is InChI=1S/C16H20N4O2/c21-16(22)13-11-18-19-15(13)14-5-1-2-8-20(14)9-6-12-4-3-7-17-10-12/h3-4,7,10-11,14H,1-2,5-6,8-9H2,(H,18,19)(H,21,22). The van der Waals surface area contributed by atoms with Crippen LogP contribution in [0, 0.1) is 0 Å². The smallest absolute Gasteiger partial charge is 0.339 e. The normalized spacial score (nSPS) is 19.2. The summed E-state index contributed by atoms with van der Waals surface area (Å²) >= 11 is 0. The van der Waals surface area contributed by atoms with Crippen molar-refractivity contribution in [1.29, 1.82) is 0 Å². The molecule has 0 saturated carbocycles. The first-order valence-corrected chi connectivity index (χ1v) is 7.65. The molecule has 0 aliphatic carbocycles. The van der Waals surface area contributed by atoms with Crippen molar-refractivity contribution in [3.05, 3.63) is 47.5 Å². The predicted molar refractivity (Wildman–Crippen MR) is 81.7 cm³/mol. The number of carboxylic acid groups (broad SMARTS) is 1. The van der Waals surface area contributed by atoms with E-state index >= 15 is 0 Å². The summed E-state index contributed by atoms with van der Waals surface area (Å²) in [5.41, 5.74) is 2.23. The number of likely N-dealkylation sites (tertiary alicyclic amines) is 1. The van der Waals surface area contributed by atoms with Crippen LogP contribution >= 0.6 is 0 Å². The van der Waals surface area contributed by atoms with Crippen molar-refractivity contribution >= 4 is 5.97 Å². The molecule has 0 spiro atoms. The number of nitrogens with one attached hydrogen (secondary N) is 1. The van der Waals surface area contributed by atoms with E-state index < -0.39 is 5.97 Å². The van der Waals surface area contributed by atoms with Crippen molar-refractivity contribution in [2.75, 3.05) is 13.1 Å². The Morgan fingerprint density at radius 1 is 1.41 bits per heavy atom. The first-order valence-electron chi connectivity index (χ1n) is 7.65. The van der Waals surface area contributed by atoms with E-state index in [1.807, 2.05) is 12.3 Å². The first-order chi connectivity index (χ1) is 10.8. The topological polar surface area (TPSA) is 82.1 Å². The van der Waals surface area contributed by atoms with E-state index in [4.69, 9.17) is 0 Å². The Morgan fingerprint density at radius 2 is 2.32 bits per heavy atom. The lowest BCUT2D eigenvalue weighted by atomic mass is 9.96. The summed E-state index contributed by atoms with van der Waals surface area (Å²) in [6, 6.07) is 4.13. The van der Waals surface area contributed by atoms with Crippen molar-refractivity contribution in [3.8, 4) is 0 Å². The number of carboxylic acids is 1. The number of nitrogens with zero attached hydrogens (tertiary/aromatic N) is 3. The van der Waals surface area contributed by atoms with E-state index in [9.17, 15) is 9.90 Å². The molecule has 1 aliphatic rings. The van der Waals surface area contributed by atoms with Crippen LogP contribution in [0.1, 0.15) is 46.9 Å². The fraction of sp³-hybridized carbons (Fsp3) is 0.438. The van der Waals surface area contributed by atoms with E-state index in [1.54, 1.807) is 6.20 Å². The second kappa shape index (κ2) is 6.70. The molecule has 3 heterocycles. The molecule has 22 heavy (non-hydrogen) atoms. The molecule has 116 valence electrons. The van der Waals surface area contributed by atoms with Gasteiger partial charge >= 0.3 is 5.97 Å². The third kappa shape index (κ3) is 3.17. The number of hydrogen-bond donors (Lipinski definition) is 2. The van der Waals surface area contributed by atoms with Gasteiger partial charge in [0.2, 0.25) is 0 Å². The second-order valence-electron chi connectivity index (χ2n) is 5.66. The van der Waals surface area contributed by atoms with Gasteiger partial charge in [0, 0.05) is 18.9 Å². The lowest BCUT2D eigenvalue weighted by Crippen LogP contribution is -2.36. The maximum atomic E-state index is 11.3. The minimum absolute atomic E-state index is 0.110. The van der Waals surface area contributed by atoms with Gasteiger partial charge in [-0.15, -0.1) is 0 Å². The average Bonchev–Trinajstić information content (AvgIpc) is 3.04. The van der Waals surface area contributed by atoms with Crippen LogP contribution in [0.3, 0.4) is 0 Å². The van der Waals surface area contributed by atoms with Gasteiger partial charge in [-0.25, -0.2) is 4.79 Å². The average molecular weight is 300 g/mol. The highest BCUT2D eigenvalue weighted by molar-refractivity contribution is 5.88. The van der Waals surface area contributed by atoms with E-state index in [1.165, 1.54) is 11.8 Å². The molecule has 6 heteroatoms. The summed E-state index contributed by atoms with van der Waals surface area (Å²) < 4.78 is 0. The zero-order chi connectivity index (χ0) is 15.4. The van der Waals surface area contributed by atoms with Crippen LogP contribution in [-0.2, 0) is 6.42 Å². The Hall–Kier alpha value is -2.21. The van der Waals surface area contributed by atoms with Crippen molar-refractivity contribution in [2.24, 2.45) is 0 Å². The molecule has 0 bridgehead atoms. The number of carbonyl (C=O) groups is 1. The summed E-state index contributed by atoms with van der Waals surface area (Å²) in [4.78, 5) is 17.8. The van der Waals surface area contributed by atoms with Crippen LogP contribution in [0.2, 0.25) is 0 Å². The van der Waals surface area contributed by atoms with Crippen LogP contribution in [0.15, 0.2) is 30.7 Å². The molecule has 1 saturated heterocycles. The molecule has 1 unspecified atom stereocenters. The summed E-state index contributed by atoms with van der Waals surface area (Å²) in [5.74, 6) is -0.915. The summed E-state index contributed by atoms with van der Waals surface area (Å²) in [5, 5.41) is 16.1. The van der Waals surface area contributed by atoms with Gasteiger partial charge in [0.05, 0.1) is 17.9 Å². The lowest BCUT2D eigenvalue weighted by molar-refractivity contribution is 0.0689. The second-order valence-corrected chi connectivity index (χ2v) is 5.66. The van der Waals surface area contributed by atoms with Crippen molar-refractivity contribution in [2.45, 2.75) is 31.7 Å². The van der Waals surface area contributed by atoms with Crippen LogP contribution in [-0.4, -0.2) is 44.2 Å².